The molecule has 0 aromatic heterocycles. The van der Waals surface area contributed by atoms with Crippen LogP contribution in [-0.2, 0) is 32.0 Å². The van der Waals surface area contributed by atoms with Gasteiger partial charge in [-0.1, -0.05) is 56.3 Å². The molecule has 1 atom stereocenters. The lowest BCUT2D eigenvalue weighted by molar-refractivity contribution is -0.147. The first-order valence-corrected chi connectivity index (χ1v) is 11.5. The van der Waals surface area contributed by atoms with E-state index in [4.69, 9.17) is 14.2 Å². The quantitative estimate of drug-likeness (QED) is 0.297. The summed E-state index contributed by atoms with van der Waals surface area (Å²) in [5, 5.41) is 2.60. The Morgan fingerprint density at radius 3 is 2.12 bits per heavy atom. The van der Waals surface area contributed by atoms with Crippen LogP contribution in [0.1, 0.15) is 62.5 Å². The molecule has 0 unspecified atom stereocenters. The highest BCUT2D eigenvalue weighted by Crippen LogP contribution is 2.14. The second kappa shape index (κ2) is 12.8. The van der Waals surface area contributed by atoms with Crippen LogP contribution in [0.15, 0.2) is 54.6 Å². The molecule has 0 spiro atoms. The zero-order valence-electron chi connectivity index (χ0n) is 20.6. The van der Waals surface area contributed by atoms with Crippen LogP contribution in [0, 0.1) is 5.92 Å². The Morgan fingerprint density at radius 2 is 1.53 bits per heavy atom. The molecule has 0 aliphatic rings. The van der Waals surface area contributed by atoms with Gasteiger partial charge >= 0.3 is 18.0 Å². The first-order valence-electron chi connectivity index (χ1n) is 11.5. The topological polar surface area (TPSA) is 90.9 Å². The van der Waals surface area contributed by atoms with E-state index in [9.17, 15) is 14.4 Å². The number of carbonyl (C=O) groups is 3. The number of ether oxygens (including phenoxy) is 3. The second-order valence-electron chi connectivity index (χ2n) is 9.40. The molecule has 184 valence electrons. The molecule has 34 heavy (non-hydrogen) atoms. The lowest BCUT2D eigenvalue weighted by atomic mass is 10.1. The summed E-state index contributed by atoms with van der Waals surface area (Å²) < 4.78 is 15.9. The summed E-state index contributed by atoms with van der Waals surface area (Å²) in [6.07, 6.45) is 0.631. The molecule has 0 aliphatic heterocycles. The van der Waals surface area contributed by atoms with Gasteiger partial charge in [0.1, 0.15) is 18.2 Å². The van der Waals surface area contributed by atoms with Gasteiger partial charge in [-0.3, -0.25) is 0 Å². The van der Waals surface area contributed by atoms with E-state index < -0.39 is 23.7 Å². The largest absolute Gasteiger partial charge is 0.464 e. The van der Waals surface area contributed by atoms with Crippen molar-refractivity contribution >= 4 is 18.0 Å². The minimum Gasteiger partial charge on any atom is -0.464 e. The van der Waals surface area contributed by atoms with E-state index in [-0.39, 0.29) is 25.1 Å². The van der Waals surface area contributed by atoms with Gasteiger partial charge in [0.2, 0.25) is 0 Å². The highest BCUT2D eigenvalue weighted by Gasteiger charge is 2.26. The van der Waals surface area contributed by atoms with Crippen molar-refractivity contribution in [1.29, 1.82) is 0 Å². The maximum atomic E-state index is 12.5. The minimum atomic E-state index is -0.795. The average Bonchev–Trinajstić information content (AvgIpc) is 2.78. The van der Waals surface area contributed by atoms with Gasteiger partial charge in [-0.05, 0) is 62.8 Å². The van der Waals surface area contributed by atoms with Crippen LogP contribution < -0.4 is 5.32 Å². The average molecular weight is 470 g/mol. The van der Waals surface area contributed by atoms with Crippen molar-refractivity contribution < 1.29 is 28.6 Å². The van der Waals surface area contributed by atoms with Crippen LogP contribution in [0.5, 0.6) is 0 Å². The van der Waals surface area contributed by atoms with Gasteiger partial charge in [-0.15, -0.1) is 0 Å². The molecule has 0 radical (unpaired) electrons. The number of rotatable bonds is 10. The third-order valence-electron chi connectivity index (χ3n) is 4.85. The third kappa shape index (κ3) is 9.65. The van der Waals surface area contributed by atoms with Crippen molar-refractivity contribution in [3.63, 3.8) is 0 Å². The zero-order valence-corrected chi connectivity index (χ0v) is 20.6. The molecule has 0 saturated carbocycles. The van der Waals surface area contributed by atoms with E-state index in [1.54, 1.807) is 12.1 Å². The lowest BCUT2D eigenvalue weighted by Gasteiger charge is -2.20. The van der Waals surface area contributed by atoms with Gasteiger partial charge in [0.25, 0.3) is 0 Å². The van der Waals surface area contributed by atoms with E-state index in [1.807, 2.05) is 77.1 Å². The molecule has 2 aromatic carbocycles. The van der Waals surface area contributed by atoms with E-state index in [2.05, 4.69) is 5.32 Å². The van der Waals surface area contributed by atoms with E-state index >= 15 is 0 Å². The Labute approximate surface area is 201 Å². The van der Waals surface area contributed by atoms with Gasteiger partial charge in [0.05, 0.1) is 12.2 Å². The van der Waals surface area contributed by atoms with E-state index in [0.717, 1.165) is 11.1 Å². The summed E-state index contributed by atoms with van der Waals surface area (Å²) in [5.41, 5.74) is 1.84. The summed E-state index contributed by atoms with van der Waals surface area (Å²) in [7, 11) is 0. The van der Waals surface area contributed by atoms with Gasteiger partial charge in [-0.2, -0.15) is 0 Å². The fourth-order valence-corrected chi connectivity index (χ4v) is 3.07. The smallest absolute Gasteiger partial charge is 0.408 e. The van der Waals surface area contributed by atoms with Crippen LogP contribution >= 0.6 is 0 Å². The number of esters is 2. The standard InChI is InChI=1S/C27H35NO6/c1-19(2)23(28-26(31)33-18-21-10-7-6-8-11-21)25(30)32-17-9-12-20-13-15-22(16-14-20)24(29)34-27(3,4)5/h6-8,10-11,13-16,19,23H,9,12,17-18H2,1-5H3,(H,28,31)/t23-/m0/s1. The zero-order chi connectivity index (χ0) is 25.1. The lowest BCUT2D eigenvalue weighted by Crippen LogP contribution is -2.45. The van der Waals surface area contributed by atoms with E-state index in [0.29, 0.717) is 18.4 Å². The van der Waals surface area contributed by atoms with Gasteiger partial charge in [-0.25, -0.2) is 14.4 Å². The number of benzene rings is 2. The predicted molar refractivity (Wildman–Crippen MR) is 129 cm³/mol. The molecule has 0 heterocycles. The Morgan fingerprint density at radius 1 is 0.882 bits per heavy atom. The molecule has 1 amide bonds. The summed E-state index contributed by atoms with van der Waals surface area (Å²) in [6.45, 7) is 9.48. The normalized spacial score (nSPS) is 12.1. The predicted octanol–water partition coefficient (Wildman–Crippen LogP) is 5.07. The van der Waals surface area contributed by atoms with Crippen molar-refractivity contribution in [2.24, 2.45) is 5.92 Å². The molecule has 7 nitrogen and oxygen atoms in total. The maximum Gasteiger partial charge on any atom is 0.408 e. The molecule has 7 heteroatoms. The maximum absolute atomic E-state index is 12.5. The van der Waals surface area contributed by atoms with Crippen LogP contribution in [0.2, 0.25) is 0 Å². The molecule has 0 fully saturated rings. The molecule has 0 bridgehead atoms. The van der Waals surface area contributed by atoms with Crippen LogP contribution in [0.25, 0.3) is 0 Å². The van der Waals surface area contributed by atoms with Crippen LogP contribution in [0.4, 0.5) is 4.79 Å². The Hall–Kier alpha value is -3.35. The number of alkyl carbamates (subject to hydrolysis) is 1. The number of amides is 1. The summed E-state index contributed by atoms with van der Waals surface area (Å²) >= 11 is 0. The van der Waals surface area contributed by atoms with Gasteiger partial charge in [0.15, 0.2) is 0 Å². The molecule has 2 aromatic rings. The number of carbonyl (C=O) groups excluding carboxylic acids is 3. The van der Waals surface area contributed by atoms with Crippen molar-refractivity contribution in [2.75, 3.05) is 6.61 Å². The summed E-state index contributed by atoms with van der Waals surface area (Å²) in [6, 6.07) is 15.7. The van der Waals surface area contributed by atoms with Gasteiger partial charge < -0.3 is 19.5 Å². The number of aryl methyl sites for hydroxylation is 1. The molecular formula is C27H35NO6. The molecule has 2 rings (SSSR count). The SMILES string of the molecule is CC(C)[C@H](NC(=O)OCc1ccccc1)C(=O)OCCCc1ccc(C(=O)OC(C)(C)C)cc1. The number of hydrogen-bond donors (Lipinski definition) is 1. The fraction of sp³-hybridized carbons (Fsp3) is 0.444. The van der Waals surface area contributed by atoms with Crippen molar-refractivity contribution in [3.05, 3.63) is 71.3 Å². The summed E-state index contributed by atoms with van der Waals surface area (Å²) in [4.78, 5) is 36.7. The Bertz CT molecular complexity index is 932. The third-order valence-corrected chi connectivity index (χ3v) is 4.85. The molecule has 0 aliphatic carbocycles. The van der Waals surface area contributed by atoms with Crippen molar-refractivity contribution in [3.8, 4) is 0 Å². The van der Waals surface area contributed by atoms with Crippen molar-refractivity contribution in [1.82, 2.24) is 5.32 Å². The first-order chi connectivity index (χ1) is 16.0. The highest BCUT2D eigenvalue weighted by atomic mass is 16.6. The molecular weight excluding hydrogens is 434 g/mol. The minimum absolute atomic E-state index is 0.124. The second-order valence-corrected chi connectivity index (χ2v) is 9.40. The van der Waals surface area contributed by atoms with Gasteiger partial charge in [0, 0.05) is 0 Å². The monoisotopic (exact) mass is 469 g/mol. The number of nitrogens with one attached hydrogen (secondary N) is 1. The highest BCUT2D eigenvalue weighted by molar-refractivity contribution is 5.89. The van der Waals surface area contributed by atoms with Crippen LogP contribution in [-0.4, -0.2) is 36.3 Å². The molecule has 0 saturated heterocycles. The Balaban J connectivity index is 1.75. The van der Waals surface area contributed by atoms with Crippen LogP contribution in [0.3, 0.4) is 0 Å². The fourth-order valence-electron chi connectivity index (χ4n) is 3.07. The van der Waals surface area contributed by atoms with E-state index in [1.165, 1.54) is 0 Å². The van der Waals surface area contributed by atoms with Crippen molar-refractivity contribution in [2.45, 2.75) is 65.7 Å². The molecule has 1 N–H and O–H groups in total. The Kier molecular flexibility index (Phi) is 10.1. The first kappa shape index (κ1) is 26.9. The number of hydrogen-bond acceptors (Lipinski definition) is 6. The summed E-state index contributed by atoms with van der Waals surface area (Å²) in [5.74, 6) is -1.01.